The average molecular weight is 360 g/mol. The lowest BCUT2D eigenvalue weighted by Gasteiger charge is -2.36. The second-order valence-corrected chi connectivity index (χ2v) is 6.33. The zero-order valence-electron chi connectivity index (χ0n) is 15.1. The lowest BCUT2D eigenvalue weighted by atomic mass is 10.1. The minimum Gasteiger partial charge on any atom is -0.441 e. The second kappa shape index (κ2) is 8.18. The SMILES string of the molecule is COCCCN(C)C(=O)N1CCNC(=O)C1Cc1nc2ccccc2o1. The summed E-state index contributed by atoms with van der Waals surface area (Å²) in [6, 6.07) is 6.64. The Balaban J connectivity index is 1.73. The van der Waals surface area contributed by atoms with E-state index >= 15 is 0 Å². The molecule has 2 aromatic rings. The van der Waals surface area contributed by atoms with Gasteiger partial charge in [0.15, 0.2) is 11.5 Å². The Morgan fingerprint density at radius 3 is 3.04 bits per heavy atom. The van der Waals surface area contributed by atoms with Gasteiger partial charge in [-0.05, 0) is 18.6 Å². The molecule has 8 heteroatoms. The number of urea groups is 1. The van der Waals surface area contributed by atoms with Crippen molar-refractivity contribution in [3.63, 3.8) is 0 Å². The molecule has 8 nitrogen and oxygen atoms in total. The summed E-state index contributed by atoms with van der Waals surface area (Å²) in [4.78, 5) is 32.8. The van der Waals surface area contributed by atoms with E-state index in [9.17, 15) is 9.59 Å². The number of carbonyl (C=O) groups excluding carboxylic acids is 2. The number of benzene rings is 1. The van der Waals surface area contributed by atoms with E-state index in [1.54, 1.807) is 24.0 Å². The topological polar surface area (TPSA) is 87.9 Å². The largest absolute Gasteiger partial charge is 0.441 e. The average Bonchev–Trinajstić information content (AvgIpc) is 3.05. The summed E-state index contributed by atoms with van der Waals surface area (Å²) in [5, 5.41) is 2.82. The van der Waals surface area contributed by atoms with Crippen LogP contribution in [0, 0.1) is 0 Å². The fraction of sp³-hybridized carbons (Fsp3) is 0.500. The maximum absolute atomic E-state index is 12.8. The van der Waals surface area contributed by atoms with Crippen molar-refractivity contribution in [1.29, 1.82) is 0 Å². The number of methoxy groups -OCH3 is 1. The molecule has 1 atom stereocenters. The van der Waals surface area contributed by atoms with Crippen LogP contribution in [0.4, 0.5) is 4.79 Å². The van der Waals surface area contributed by atoms with Gasteiger partial charge in [-0.3, -0.25) is 4.79 Å². The minimum absolute atomic E-state index is 0.169. The fourth-order valence-electron chi connectivity index (χ4n) is 3.08. The van der Waals surface area contributed by atoms with Gasteiger partial charge in [0.1, 0.15) is 11.6 Å². The molecule has 1 aromatic heterocycles. The lowest BCUT2D eigenvalue weighted by molar-refractivity contribution is -0.127. The lowest BCUT2D eigenvalue weighted by Crippen LogP contribution is -2.60. The Kier molecular flexibility index (Phi) is 5.72. The molecule has 1 saturated heterocycles. The van der Waals surface area contributed by atoms with E-state index < -0.39 is 6.04 Å². The molecule has 1 aliphatic rings. The van der Waals surface area contributed by atoms with Gasteiger partial charge in [0.2, 0.25) is 5.91 Å². The molecule has 2 heterocycles. The molecule has 1 aromatic carbocycles. The number of hydrogen-bond acceptors (Lipinski definition) is 5. The third kappa shape index (κ3) is 3.96. The summed E-state index contributed by atoms with van der Waals surface area (Å²) in [5.74, 6) is 0.269. The summed E-state index contributed by atoms with van der Waals surface area (Å²) in [6.07, 6.45) is 0.993. The third-order valence-corrected chi connectivity index (χ3v) is 4.45. The number of carbonyl (C=O) groups is 2. The standard InChI is InChI=1S/C18H24N4O4/c1-21(9-5-11-25-2)18(24)22-10-8-19-17(23)14(22)12-16-20-13-6-3-4-7-15(13)26-16/h3-4,6-7,14H,5,8-12H2,1-2H3,(H,19,23). The molecule has 26 heavy (non-hydrogen) atoms. The quantitative estimate of drug-likeness (QED) is 0.784. The Labute approximate surface area is 152 Å². The van der Waals surface area contributed by atoms with E-state index in [1.807, 2.05) is 24.3 Å². The van der Waals surface area contributed by atoms with Gasteiger partial charge >= 0.3 is 6.03 Å². The molecule has 0 saturated carbocycles. The van der Waals surface area contributed by atoms with Crippen LogP contribution in [-0.4, -0.2) is 73.2 Å². The number of hydrogen-bond donors (Lipinski definition) is 1. The Morgan fingerprint density at radius 2 is 2.27 bits per heavy atom. The summed E-state index contributed by atoms with van der Waals surface area (Å²) >= 11 is 0. The van der Waals surface area contributed by atoms with Gasteiger partial charge in [0.25, 0.3) is 0 Å². The predicted octanol–water partition coefficient (Wildman–Crippen LogP) is 1.26. The van der Waals surface area contributed by atoms with Crippen molar-refractivity contribution in [2.75, 3.05) is 40.4 Å². The Morgan fingerprint density at radius 1 is 1.46 bits per heavy atom. The Bertz CT molecular complexity index is 742. The normalized spacial score (nSPS) is 17.4. The monoisotopic (exact) mass is 360 g/mol. The number of amides is 3. The molecular weight excluding hydrogens is 336 g/mol. The molecule has 0 bridgehead atoms. The van der Waals surface area contributed by atoms with Crippen molar-refractivity contribution in [1.82, 2.24) is 20.1 Å². The van der Waals surface area contributed by atoms with E-state index in [2.05, 4.69) is 10.3 Å². The first-order valence-corrected chi connectivity index (χ1v) is 8.73. The number of rotatable bonds is 6. The van der Waals surface area contributed by atoms with Crippen molar-refractivity contribution in [3.8, 4) is 0 Å². The molecule has 3 rings (SSSR count). The number of nitrogens with one attached hydrogen (secondary N) is 1. The van der Waals surface area contributed by atoms with Crippen LogP contribution in [0.2, 0.25) is 0 Å². The van der Waals surface area contributed by atoms with Gasteiger partial charge in [-0.15, -0.1) is 0 Å². The first-order chi connectivity index (χ1) is 12.6. The third-order valence-electron chi connectivity index (χ3n) is 4.45. The Hall–Kier alpha value is -2.61. The molecule has 1 aliphatic heterocycles. The van der Waals surface area contributed by atoms with Gasteiger partial charge in [0, 0.05) is 40.4 Å². The number of oxazole rings is 1. The van der Waals surface area contributed by atoms with Gasteiger partial charge in [0.05, 0.1) is 6.42 Å². The smallest absolute Gasteiger partial charge is 0.320 e. The molecule has 1 fully saturated rings. The first kappa shape index (κ1) is 18.2. The van der Waals surface area contributed by atoms with Gasteiger partial charge < -0.3 is 24.3 Å². The highest BCUT2D eigenvalue weighted by atomic mass is 16.5. The van der Waals surface area contributed by atoms with Crippen LogP contribution < -0.4 is 5.32 Å². The molecule has 0 radical (unpaired) electrons. The molecule has 0 spiro atoms. The van der Waals surface area contributed by atoms with E-state index in [0.717, 1.165) is 11.9 Å². The fourth-order valence-corrected chi connectivity index (χ4v) is 3.08. The maximum Gasteiger partial charge on any atom is 0.320 e. The number of para-hydroxylation sites is 2. The van der Waals surface area contributed by atoms with Crippen molar-refractivity contribution in [2.45, 2.75) is 18.9 Å². The van der Waals surface area contributed by atoms with Crippen molar-refractivity contribution >= 4 is 23.0 Å². The van der Waals surface area contributed by atoms with Gasteiger partial charge in [-0.2, -0.15) is 0 Å². The first-order valence-electron chi connectivity index (χ1n) is 8.73. The predicted molar refractivity (Wildman–Crippen MR) is 95.7 cm³/mol. The van der Waals surface area contributed by atoms with Crippen molar-refractivity contribution < 1.29 is 18.7 Å². The molecule has 1 unspecified atom stereocenters. The van der Waals surface area contributed by atoms with E-state index in [4.69, 9.17) is 9.15 Å². The van der Waals surface area contributed by atoms with Crippen LogP contribution in [-0.2, 0) is 16.0 Å². The van der Waals surface area contributed by atoms with E-state index in [-0.39, 0.29) is 18.4 Å². The molecule has 140 valence electrons. The highest BCUT2D eigenvalue weighted by molar-refractivity contribution is 5.88. The van der Waals surface area contributed by atoms with Crippen LogP contribution in [0.5, 0.6) is 0 Å². The number of piperazine rings is 1. The number of fused-ring (bicyclic) bond motifs is 1. The number of ether oxygens (including phenoxy) is 1. The summed E-state index contributed by atoms with van der Waals surface area (Å²) in [7, 11) is 3.37. The molecule has 0 aliphatic carbocycles. The maximum atomic E-state index is 12.8. The van der Waals surface area contributed by atoms with Gasteiger partial charge in [-0.25, -0.2) is 9.78 Å². The van der Waals surface area contributed by atoms with Crippen molar-refractivity contribution in [2.24, 2.45) is 0 Å². The van der Waals surface area contributed by atoms with Crippen LogP contribution in [0.3, 0.4) is 0 Å². The second-order valence-electron chi connectivity index (χ2n) is 6.33. The zero-order chi connectivity index (χ0) is 18.5. The van der Waals surface area contributed by atoms with E-state index in [0.29, 0.717) is 37.7 Å². The van der Waals surface area contributed by atoms with Crippen LogP contribution >= 0.6 is 0 Å². The highest BCUT2D eigenvalue weighted by Gasteiger charge is 2.35. The number of nitrogens with zero attached hydrogens (tertiary/aromatic N) is 3. The summed E-state index contributed by atoms with van der Waals surface area (Å²) in [5.41, 5.74) is 1.42. The van der Waals surface area contributed by atoms with E-state index in [1.165, 1.54) is 0 Å². The summed E-state index contributed by atoms with van der Waals surface area (Å²) < 4.78 is 10.8. The highest BCUT2D eigenvalue weighted by Crippen LogP contribution is 2.19. The van der Waals surface area contributed by atoms with Gasteiger partial charge in [-0.1, -0.05) is 12.1 Å². The molecular formula is C18H24N4O4. The van der Waals surface area contributed by atoms with Crippen molar-refractivity contribution in [3.05, 3.63) is 30.2 Å². The van der Waals surface area contributed by atoms with Crippen LogP contribution in [0.25, 0.3) is 11.1 Å². The minimum atomic E-state index is -0.630. The van der Waals surface area contributed by atoms with Crippen LogP contribution in [0.1, 0.15) is 12.3 Å². The molecule has 1 N–H and O–H groups in total. The zero-order valence-corrected chi connectivity index (χ0v) is 15.1. The molecule has 3 amide bonds. The number of aromatic nitrogens is 1. The summed E-state index contributed by atoms with van der Waals surface area (Å²) in [6.45, 7) is 2.06. The van der Waals surface area contributed by atoms with Crippen LogP contribution in [0.15, 0.2) is 28.7 Å².